The van der Waals surface area contributed by atoms with Gasteiger partial charge in [-0.25, -0.2) is 0 Å². The van der Waals surface area contributed by atoms with E-state index in [2.05, 4.69) is 11.2 Å². The number of benzene rings is 1. The molecule has 3 aromatic rings. The van der Waals surface area contributed by atoms with Gasteiger partial charge in [0, 0.05) is 35.8 Å². The second-order valence-corrected chi connectivity index (χ2v) is 8.63. The van der Waals surface area contributed by atoms with Crippen molar-refractivity contribution in [1.82, 2.24) is 14.7 Å². The lowest BCUT2D eigenvalue weighted by atomic mass is 9.90. The number of hydrogen-bond acceptors (Lipinski definition) is 5. The SMILES string of the molecule is COc1cc2c(cc1OC)[C@@H](c1cccs1)N(C(=O)/C=C\c1c(C)nn(C)c1C)CC2. The van der Waals surface area contributed by atoms with E-state index in [0.29, 0.717) is 18.0 Å². The first-order valence-electron chi connectivity index (χ1n) is 10.2. The lowest BCUT2D eigenvalue weighted by Crippen LogP contribution is -2.39. The molecule has 0 N–H and O–H groups in total. The number of aromatic nitrogens is 2. The summed E-state index contributed by atoms with van der Waals surface area (Å²) in [4.78, 5) is 16.4. The predicted molar refractivity (Wildman–Crippen MR) is 123 cm³/mol. The third-order valence-electron chi connectivity index (χ3n) is 5.93. The Morgan fingerprint density at radius 3 is 2.58 bits per heavy atom. The Labute approximate surface area is 186 Å². The molecule has 0 radical (unpaired) electrons. The van der Waals surface area contributed by atoms with Crippen molar-refractivity contribution in [2.45, 2.75) is 26.3 Å². The lowest BCUT2D eigenvalue weighted by molar-refractivity contribution is -0.127. The third-order valence-corrected chi connectivity index (χ3v) is 6.85. The third kappa shape index (κ3) is 3.85. The maximum absolute atomic E-state index is 13.4. The molecular formula is C24H27N3O3S. The molecule has 162 valence electrons. The molecule has 0 fully saturated rings. The summed E-state index contributed by atoms with van der Waals surface area (Å²) in [5.74, 6) is 1.38. The first-order chi connectivity index (χ1) is 14.9. The molecule has 0 spiro atoms. The van der Waals surface area contributed by atoms with Gasteiger partial charge in [-0.15, -0.1) is 11.3 Å². The van der Waals surface area contributed by atoms with E-state index >= 15 is 0 Å². The smallest absolute Gasteiger partial charge is 0.247 e. The predicted octanol–water partition coefficient (Wildman–Crippen LogP) is 4.30. The number of nitrogens with zero attached hydrogens (tertiary/aromatic N) is 3. The second kappa shape index (κ2) is 8.59. The summed E-state index contributed by atoms with van der Waals surface area (Å²) in [6.07, 6.45) is 4.32. The highest BCUT2D eigenvalue weighted by Crippen LogP contribution is 2.42. The Balaban J connectivity index is 1.73. The fourth-order valence-corrected chi connectivity index (χ4v) is 5.07. The molecule has 1 aromatic carbocycles. The average molecular weight is 438 g/mol. The maximum Gasteiger partial charge on any atom is 0.247 e. The first kappa shape index (κ1) is 21.2. The van der Waals surface area contributed by atoms with Crippen molar-refractivity contribution in [3.05, 3.63) is 68.7 Å². The summed E-state index contributed by atoms with van der Waals surface area (Å²) >= 11 is 1.66. The van der Waals surface area contributed by atoms with E-state index in [0.717, 1.165) is 33.8 Å². The number of amides is 1. The maximum atomic E-state index is 13.4. The van der Waals surface area contributed by atoms with Crippen LogP contribution in [-0.4, -0.2) is 41.4 Å². The molecule has 2 aromatic heterocycles. The lowest BCUT2D eigenvalue weighted by Gasteiger charge is -2.37. The van der Waals surface area contributed by atoms with Gasteiger partial charge in [0.15, 0.2) is 11.5 Å². The summed E-state index contributed by atoms with van der Waals surface area (Å²) in [5, 5.41) is 6.49. The minimum atomic E-state index is -0.156. The van der Waals surface area contributed by atoms with Gasteiger partial charge in [0.1, 0.15) is 0 Å². The summed E-state index contributed by atoms with van der Waals surface area (Å²) in [6.45, 7) is 4.61. The monoisotopic (exact) mass is 437 g/mol. The van der Waals surface area contributed by atoms with Crippen molar-refractivity contribution in [3.63, 3.8) is 0 Å². The zero-order chi connectivity index (χ0) is 22.1. The highest BCUT2D eigenvalue weighted by Gasteiger charge is 2.33. The van der Waals surface area contributed by atoms with Crippen LogP contribution in [-0.2, 0) is 18.3 Å². The van der Waals surface area contributed by atoms with Gasteiger partial charge in [0.25, 0.3) is 0 Å². The molecule has 1 aliphatic heterocycles. The fraction of sp³-hybridized carbons (Fsp3) is 0.333. The molecule has 3 heterocycles. The van der Waals surface area contributed by atoms with E-state index in [4.69, 9.17) is 9.47 Å². The largest absolute Gasteiger partial charge is 0.493 e. The van der Waals surface area contributed by atoms with Crippen molar-refractivity contribution < 1.29 is 14.3 Å². The number of methoxy groups -OCH3 is 2. The normalized spacial score (nSPS) is 15.9. The van der Waals surface area contributed by atoms with Crippen molar-refractivity contribution >= 4 is 23.3 Å². The molecule has 31 heavy (non-hydrogen) atoms. The van der Waals surface area contributed by atoms with E-state index in [1.807, 2.05) is 60.1 Å². The Kier molecular flexibility index (Phi) is 5.87. The van der Waals surface area contributed by atoms with Gasteiger partial charge >= 0.3 is 0 Å². The van der Waals surface area contributed by atoms with Gasteiger partial charge in [-0.05, 0) is 61.1 Å². The zero-order valence-corrected chi connectivity index (χ0v) is 19.3. The second-order valence-electron chi connectivity index (χ2n) is 7.65. The summed E-state index contributed by atoms with van der Waals surface area (Å²) in [7, 11) is 5.20. The number of ether oxygens (including phenoxy) is 2. The zero-order valence-electron chi connectivity index (χ0n) is 18.5. The van der Waals surface area contributed by atoms with E-state index in [9.17, 15) is 4.79 Å². The molecular weight excluding hydrogens is 410 g/mol. The summed E-state index contributed by atoms with van der Waals surface area (Å²) < 4.78 is 12.9. The topological polar surface area (TPSA) is 56.6 Å². The highest BCUT2D eigenvalue weighted by atomic mass is 32.1. The fourth-order valence-electron chi connectivity index (χ4n) is 4.22. The molecule has 1 amide bonds. The molecule has 0 bridgehead atoms. The number of fused-ring (bicyclic) bond motifs is 1. The van der Waals surface area contributed by atoms with Crippen LogP contribution in [0.25, 0.3) is 6.08 Å². The number of aryl methyl sites for hydroxylation is 2. The molecule has 1 atom stereocenters. The van der Waals surface area contributed by atoms with Gasteiger partial charge in [0.05, 0.1) is 26.0 Å². The highest BCUT2D eigenvalue weighted by molar-refractivity contribution is 7.10. The summed E-state index contributed by atoms with van der Waals surface area (Å²) in [6, 6.07) is 8.00. The quantitative estimate of drug-likeness (QED) is 0.559. The van der Waals surface area contributed by atoms with E-state index in [1.165, 1.54) is 5.56 Å². The van der Waals surface area contributed by atoms with Crippen LogP contribution >= 0.6 is 11.3 Å². The number of carbonyl (C=O) groups is 1. The first-order valence-corrected chi connectivity index (χ1v) is 11.1. The molecule has 0 unspecified atom stereocenters. The molecule has 6 nitrogen and oxygen atoms in total. The van der Waals surface area contributed by atoms with E-state index in [-0.39, 0.29) is 11.9 Å². The Morgan fingerprint density at radius 2 is 1.97 bits per heavy atom. The molecule has 7 heteroatoms. The number of thiophene rings is 1. The molecule has 4 rings (SSSR count). The minimum Gasteiger partial charge on any atom is -0.493 e. The number of rotatable bonds is 5. The standard InChI is InChI=1S/C24H27N3O3S/c1-15-18(16(2)26(3)25-15)8-9-23(28)27-11-10-17-13-20(29-4)21(30-5)14-19(17)24(27)22-7-6-12-31-22/h6-9,12-14,24H,10-11H2,1-5H3/b9-8-/t24-/m0/s1. The van der Waals surface area contributed by atoms with Crippen LogP contribution in [0.1, 0.15) is 39.0 Å². The van der Waals surface area contributed by atoms with Crippen molar-refractivity contribution in [3.8, 4) is 11.5 Å². The van der Waals surface area contributed by atoms with Crippen molar-refractivity contribution in [2.75, 3.05) is 20.8 Å². The van der Waals surface area contributed by atoms with E-state index < -0.39 is 0 Å². The van der Waals surface area contributed by atoms with Gasteiger partial charge in [-0.2, -0.15) is 5.10 Å². The van der Waals surface area contributed by atoms with Crippen LogP contribution in [0.15, 0.2) is 35.7 Å². The molecule has 0 aliphatic carbocycles. The van der Waals surface area contributed by atoms with Gasteiger partial charge in [-0.3, -0.25) is 9.48 Å². The number of hydrogen-bond donors (Lipinski definition) is 0. The van der Waals surface area contributed by atoms with E-state index in [1.54, 1.807) is 31.6 Å². The van der Waals surface area contributed by atoms with Crippen LogP contribution in [0.4, 0.5) is 0 Å². The van der Waals surface area contributed by atoms with Gasteiger partial charge in [0.2, 0.25) is 5.91 Å². The van der Waals surface area contributed by atoms with Crippen LogP contribution in [0, 0.1) is 13.8 Å². The Bertz CT molecular complexity index is 1130. The molecule has 1 aliphatic rings. The van der Waals surface area contributed by atoms with Crippen LogP contribution in [0.5, 0.6) is 11.5 Å². The van der Waals surface area contributed by atoms with Crippen molar-refractivity contribution in [2.24, 2.45) is 7.05 Å². The van der Waals surface area contributed by atoms with Gasteiger partial charge in [-0.1, -0.05) is 6.07 Å². The van der Waals surface area contributed by atoms with Crippen LogP contribution < -0.4 is 9.47 Å². The average Bonchev–Trinajstić information content (AvgIpc) is 3.38. The Morgan fingerprint density at radius 1 is 1.23 bits per heavy atom. The van der Waals surface area contributed by atoms with Crippen molar-refractivity contribution in [1.29, 1.82) is 0 Å². The van der Waals surface area contributed by atoms with Gasteiger partial charge < -0.3 is 14.4 Å². The van der Waals surface area contributed by atoms with Crippen LogP contribution in [0.2, 0.25) is 0 Å². The summed E-state index contributed by atoms with van der Waals surface area (Å²) in [5.41, 5.74) is 5.22. The minimum absolute atomic E-state index is 0.0125. The number of carbonyl (C=O) groups excluding carboxylic acids is 1. The van der Waals surface area contributed by atoms with Crippen LogP contribution in [0.3, 0.4) is 0 Å². The molecule has 0 saturated heterocycles. The Hall–Kier alpha value is -3.06. The molecule has 0 saturated carbocycles.